The van der Waals surface area contributed by atoms with Crippen LogP contribution in [0, 0.1) is 0 Å². The summed E-state index contributed by atoms with van der Waals surface area (Å²) in [5.74, 6) is -1.71. The van der Waals surface area contributed by atoms with E-state index in [2.05, 4.69) is 0 Å². The molecule has 0 N–H and O–H groups in total. The Balaban J connectivity index is 0.00000481. The number of hydrogen-bond donors (Lipinski definition) is 0. The second-order valence-electron chi connectivity index (χ2n) is 28.0. The first-order valence-electron chi connectivity index (χ1n) is 33.2. The Morgan fingerprint density at radius 3 is 0.683 bits per heavy atom. The molecule has 2 aromatic carbocycles. The summed E-state index contributed by atoms with van der Waals surface area (Å²) in [5.41, 5.74) is -5.22. The molecule has 2 aromatic rings. The molecule has 13 heterocycles. The van der Waals surface area contributed by atoms with Crippen LogP contribution in [0.5, 0.6) is 23.0 Å². The van der Waals surface area contributed by atoms with Crippen LogP contribution in [0.2, 0.25) is 0 Å². The number of hydrogen-bond acceptors (Lipinski definition) is 24. The molecule has 0 aromatic heterocycles. The molecule has 15 rings (SSSR count). The number of fused-ring (bicyclic) bond motifs is 2. The third-order valence-electron chi connectivity index (χ3n) is 22.8. The maximum Gasteiger partial charge on any atom is 2.00 e. The molecule has 0 bridgehead atoms. The zero-order valence-corrected chi connectivity index (χ0v) is 64.7. The van der Waals surface area contributed by atoms with Crippen molar-refractivity contribution in [2.75, 3.05) is 89.5 Å². The van der Waals surface area contributed by atoms with Gasteiger partial charge in [0, 0.05) is 45.3 Å². The van der Waals surface area contributed by atoms with Crippen molar-refractivity contribution in [3.8, 4) is 23.0 Å². The first kappa shape index (κ1) is 76.2. The van der Waals surface area contributed by atoms with Gasteiger partial charge in [-0.2, -0.15) is 0 Å². The van der Waals surface area contributed by atoms with Crippen molar-refractivity contribution in [3.05, 3.63) is 46.5 Å². The first-order chi connectivity index (χ1) is 47.9. The number of nitrogens with zero attached hydrogens (tertiary/aromatic N) is 16. The molecule has 11 saturated heterocycles. The van der Waals surface area contributed by atoms with Gasteiger partial charge in [0.15, 0.2) is 47.3 Å². The predicted octanol–water partition coefficient (Wildman–Crippen LogP) is -0.675. The van der Waals surface area contributed by atoms with Gasteiger partial charge in [-0.05, 0) is 103 Å². The number of rotatable bonds is 24. The van der Waals surface area contributed by atoms with Gasteiger partial charge < -0.3 is 37.2 Å². The monoisotopic (exact) mass is 1580 g/mol. The molecule has 104 heavy (non-hydrogen) atoms. The van der Waals surface area contributed by atoms with Crippen LogP contribution in [0.1, 0.15) is 101 Å². The molecule has 40 nitrogen and oxygen atoms in total. The second-order valence-corrected chi connectivity index (χ2v) is 34.1. The molecule has 13 aliphatic heterocycles. The summed E-state index contributed by atoms with van der Waals surface area (Å²) in [5, 5.41) is 0. The Kier molecular flexibility index (Phi) is 19.3. The van der Waals surface area contributed by atoms with Crippen molar-refractivity contribution in [1.82, 2.24) is 78.4 Å². The molecule has 16 amide bonds. The van der Waals surface area contributed by atoms with Crippen LogP contribution >= 0.6 is 0 Å². The van der Waals surface area contributed by atoms with Crippen molar-refractivity contribution >= 4 is 164 Å². The van der Waals surface area contributed by atoms with Gasteiger partial charge in [-0.1, -0.05) is 0 Å². The second kappa shape index (κ2) is 26.4. The maximum absolute atomic E-state index is 15.7. The van der Waals surface area contributed by atoms with E-state index < -0.39 is 199 Å². The van der Waals surface area contributed by atoms with Crippen LogP contribution in [-0.4, -0.2) is 391 Å². The average Bonchev–Trinajstić information content (AvgIpc) is 1.49. The Bertz CT molecular complexity index is 3960. The molecule has 0 saturated carbocycles. The summed E-state index contributed by atoms with van der Waals surface area (Å²) >= 11 is 0. The van der Waals surface area contributed by atoms with E-state index in [1.807, 2.05) is 0 Å². The van der Waals surface area contributed by atoms with Gasteiger partial charge in [0.05, 0.1) is 93.1 Å². The predicted molar refractivity (Wildman–Crippen MR) is 347 cm³/mol. The zero-order valence-electron chi connectivity index (χ0n) is 57.0. The van der Waals surface area contributed by atoms with Gasteiger partial charge in [-0.15, -0.1) is 0 Å². The molecular weight excluding hydrogens is 1510 g/mol. The number of carbonyl (C=O) groups excluding carboxylic acids is 8. The molecule has 0 atom stereocenters. The Hall–Kier alpha value is -6.04. The molecule has 0 spiro atoms. The van der Waals surface area contributed by atoms with Crippen molar-refractivity contribution < 1.29 is 109 Å². The van der Waals surface area contributed by atoms with Crippen LogP contribution in [0.25, 0.3) is 0 Å². The van der Waals surface area contributed by atoms with Crippen molar-refractivity contribution in [2.24, 2.45) is 0 Å². The standard InChI is InChI=1S/C58H76N16O24S4.2Ca/c1-55-57(3)71-31-63-45-43-59(47(63)75)29-61-44-46-65(49(61)77)33-73-53(81)69-27-37-38(42(98-20-8-12-24-102(92,93)94)16-15-41(37)97-19-7-11-23-101(89,90)91)28-70-54(82)74(58(73,4)56(69,70)2)34-66(46)50(78)62(44)30-60(43)48(76)64(45)32-72(57)52(80)68(55)26-36-35(25-67(55)51(71)79)39(95-17-5-9-21-99(83,84)85)13-14-40(36)96-18-6-10-22-100(86,87)88;;/h13-16,43-46H,5-12,17-34H2,1-4H3,(H,83,84,85)(H,86,87,88)(H,89,90,91)(H,92,93,94);;/q;2*+2/p-4. The van der Waals surface area contributed by atoms with Crippen LogP contribution in [0.15, 0.2) is 24.3 Å². The summed E-state index contributed by atoms with van der Waals surface area (Å²) in [7, 11) is -18.1. The first-order valence-corrected chi connectivity index (χ1v) is 39.5. The third kappa shape index (κ3) is 11.5. The van der Waals surface area contributed by atoms with E-state index in [0.29, 0.717) is 22.3 Å². The molecule has 556 valence electrons. The number of amides is 16. The van der Waals surface area contributed by atoms with Crippen LogP contribution in [0.4, 0.5) is 38.4 Å². The van der Waals surface area contributed by atoms with E-state index in [1.165, 1.54) is 78.4 Å². The fourth-order valence-corrected chi connectivity index (χ4v) is 19.6. The quantitative estimate of drug-likeness (QED) is 0.0714. The summed E-state index contributed by atoms with van der Waals surface area (Å²) in [4.78, 5) is 147. The number of unbranched alkanes of at least 4 members (excludes halogenated alkanes) is 4. The van der Waals surface area contributed by atoms with Gasteiger partial charge in [-0.3, -0.25) is 78.4 Å². The summed E-state index contributed by atoms with van der Waals surface area (Å²) in [6, 6.07) is 0.539. The zero-order chi connectivity index (χ0) is 72.8. The number of ether oxygens (including phenoxy) is 4. The Labute approximate surface area is 657 Å². The smallest absolute Gasteiger partial charge is 0.748 e. The minimum Gasteiger partial charge on any atom is -0.748 e. The molecule has 13 aliphatic rings. The largest absolute Gasteiger partial charge is 2.00 e. The molecule has 46 heteroatoms. The maximum atomic E-state index is 15.7. The fraction of sp³-hybridized carbons (Fsp3) is 0.655. The van der Waals surface area contributed by atoms with Gasteiger partial charge in [0.25, 0.3) is 0 Å². The average molecular weight is 1590 g/mol. The molecule has 11 fully saturated rings. The van der Waals surface area contributed by atoms with Crippen LogP contribution in [-0.2, 0) is 66.7 Å². The SMILES string of the molecule is CC12N3Cc4c(OCCCCS(=O)(=O)[O-])ccc(OCCCCS(=O)(=O)[O-])c4CN1C(=O)N1CN4C(=O)N5CN6C(=O)N7CN8C(=O)N9Cc%10c(OCCCCS(=O)(=O)[O-])ccc(OCCCCS(=O)(=O)[O-])c%10CN%10C(=O)N(CN%11C(=O)N(CN%12C(=O)N(CN(C3=O)C12C)C4C%125)C6C%117)C8(C)C%109C.[Ca+2].[Ca+2]. The van der Waals surface area contributed by atoms with Gasteiger partial charge in [-0.25, -0.2) is 72.0 Å². The van der Waals surface area contributed by atoms with E-state index in [0.717, 1.165) is 0 Å². The molecule has 0 radical (unpaired) electrons. The molecule has 0 unspecified atom stereocenters. The third-order valence-corrected chi connectivity index (χ3v) is 26.0. The van der Waals surface area contributed by atoms with Crippen molar-refractivity contribution in [1.29, 1.82) is 0 Å². The minimum absolute atomic E-state index is 0. The summed E-state index contributed by atoms with van der Waals surface area (Å²) in [6.45, 7) is 1.96. The Morgan fingerprint density at radius 2 is 0.490 bits per heavy atom. The topological polar surface area (TPSA) is 454 Å². The number of benzene rings is 2. The summed E-state index contributed by atoms with van der Waals surface area (Å²) < 4.78 is 162. The molecular formula is C58H72Ca2N16O24S4. The fourth-order valence-electron chi connectivity index (χ4n) is 17.4. The van der Waals surface area contributed by atoms with E-state index >= 15 is 38.4 Å². The van der Waals surface area contributed by atoms with E-state index in [1.54, 1.807) is 52.0 Å². The minimum atomic E-state index is -4.53. The Morgan fingerprint density at radius 1 is 0.308 bits per heavy atom. The van der Waals surface area contributed by atoms with Crippen LogP contribution < -0.4 is 18.9 Å². The number of urea groups is 8. The molecule has 0 aliphatic carbocycles. The van der Waals surface area contributed by atoms with Crippen molar-refractivity contribution in [2.45, 2.75) is 153 Å². The van der Waals surface area contributed by atoms with E-state index in [9.17, 15) is 51.9 Å². The number of carbonyl (C=O) groups is 8. The van der Waals surface area contributed by atoms with E-state index in [-0.39, 0.29) is 202 Å². The van der Waals surface area contributed by atoms with Crippen LogP contribution in [0.3, 0.4) is 0 Å². The van der Waals surface area contributed by atoms with E-state index in [4.69, 9.17) is 18.9 Å². The van der Waals surface area contributed by atoms with Gasteiger partial charge in [0.2, 0.25) is 0 Å². The normalized spacial score (nSPS) is 28.4. The van der Waals surface area contributed by atoms with Crippen molar-refractivity contribution in [3.63, 3.8) is 0 Å². The van der Waals surface area contributed by atoms with Gasteiger partial charge >= 0.3 is 124 Å². The van der Waals surface area contributed by atoms with Gasteiger partial charge in [0.1, 0.15) is 63.0 Å². The summed E-state index contributed by atoms with van der Waals surface area (Å²) in [6.07, 6.45) is -4.72.